The Labute approximate surface area is 169 Å². The van der Waals surface area contributed by atoms with Crippen LogP contribution in [0.3, 0.4) is 0 Å². The number of guanidine groups is 1. The average Bonchev–Trinajstić information content (AvgIpc) is 3.17. The molecule has 0 saturated heterocycles. The average molecular weight is 393 g/mol. The molecule has 2 N–H and O–H groups in total. The highest BCUT2D eigenvalue weighted by atomic mass is 32.2. The molecule has 1 fully saturated rings. The quantitative estimate of drug-likeness (QED) is 0.472. The van der Waals surface area contributed by atoms with Crippen LogP contribution in [0.5, 0.6) is 5.75 Å². The first-order chi connectivity index (χ1) is 13.2. The van der Waals surface area contributed by atoms with Gasteiger partial charge in [0.2, 0.25) is 0 Å². The van der Waals surface area contributed by atoms with Crippen molar-refractivity contribution in [3.63, 3.8) is 0 Å². The van der Waals surface area contributed by atoms with Gasteiger partial charge in [0.15, 0.2) is 5.96 Å². The highest BCUT2D eigenvalue weighted by Gasteiger charge is 2.24. The molecule has 5 nitrogen and oxygen atoms in total. The normalized spacial score (nSPS) is 20.1. The Bertz CT molecular complexity index is 560. The van der Waals surface area contributed by atoms with Crippen LogP contribution in [0, 0.1) is 0 Å². The van der Waals surface area contributed by atoms with E-state index in [1.54, 1.807) is 0 Å². The fourth-order valence-electron chi connectivity index (χ4n) is 3.40. The van der Waals surface area contributed by atoms with Crippen molar-refractivity contribution in [2.24, 2.45) is 4.99 Å². The molecular weight excluding hydrogens is 356 g/mol. The smallest absolute Gasteiger partial charge is 0.191 e. The fraction of sp³-hybridized carbons (Fsp3) is 0.667. The van der Waals surface area contributed by atoms with Gasteiger partial charge >= 0.3 is 0 Å². The second-order valence-electron chi connectivity index (χ2n) is 6.96. The lowest BCUT2D eigenvalue weighted by molar-refractivity contribution is 0.223. The zero-order valence-corrected chi connectivity index (χ0v) is 18.1. The molecule has 2 unspecified atom stereocenters. The third kappa shape index (κ3) is 7.62. The van der Waals surface area contributed by atoms with Gasteiger partial charge in [-0.25, -0.2) is 0 Å². The summed E-state index contributed by atoms with van der Waals surface area (Å²) in [7, 11) is 1.84. The molecule has 152 valence electrons. The van der Waals surface area contributed by atoms with Crippen LogP contribution in [0.15, 0.2) is 29.3 Å². The van der Waals surface area contributed by atoms with Gasteiger partial charge in [0.05, 0.1) is 0 Å². The molecule has 27 heavy (non-hydrogen) atoms. The second-order valence-corrected chi connectivity index (χ2v) is 8.10. The molecule has 1 aromatic carbocycles. The third-order valence-corrected chi connectivity index (χ3v) is 6.33. The van der Waals surface area contributed by atoms with Crippen LogP contribution in [0.25, 0.3) is 0 Å². The van der Waals surface area contributed by atoms with Crippen LogP contribution in [-0.2, 0) is 6.54 Å². The summed E-state index contributed by atoms with van der Waals surface area (Å²) >= 11 is 1.98. The van der Waals surface area contributed by atoms with E-state index in [0.717, 1.165) is 49.7 Å². The van der Waals surface area contributed by atoms with Crippen LogP contribution < -0.4 is 15.4 Å². The largest absolute Gasteiger partial charge is 0.492 e. The van der Waals surface area contributed by atoms with E-state index in [9.17, 15) is 0 Å². The molecule has 2 rings (SSSR count). The molecular formula is C21H36N4OS. The van der Waals surface area contributed by atoms with E-state index in [1.807, 2.05) is 18.8 Å². The highest BCUT2D eigenvalue weighted by Crippen LogP contribution is 2.28. The molecule has 0 radical (unpaired) electrons. The minimum absolute atomic E-state index is 0.537. The summed E-state index contributed by atoms with van der Waals surface area (Å²) in [5, 5.41) is 7.77. The Morgan fingerprint density at radius 2 is 1.96 bits per heavy atom. The number of benzene rings is 1. The van der Waals surface area contributed by atoms with E-state index in [4.69, 9.17) is 4.74 Å². The zero-order chi connectivity index (χ0) is 19.5. The fourth-order valence-corrected chi connectivity index (χ4v) is 4.19. The van der Waals surface area contributed by atoms with Crippen molar-refractivity contribution < 1.29 is 4.74 Å². The van der Waals surface area contributed by atoms with Gasteiger partial charge in [-0.15, -0.1) is 0 Å². The van der Waals surface area contributed by atoms with Crippen molar-refractivity contribution in [3.8, 4) is 5.75 Å². The zero-order valence-electron chi connectivity index (χ0n) is 17.3. The molecule has 2 atom stereocenters. The third-order valence-electron chi connectivity index (χ3n) is 5.24. The lowest BCUT2D eigenvalue weighted by Gasteiger charge is -2.18. The van der Waals surface area contributed by atoms with E-state index in [-0.39, 0.29) is 0 Å². The number of nitrogens with zero attached hydrogens (tertiary/aromatic N) is 2. The van der Waals surface area contributed by atoms with Crippen molar-refractivity contribution in [2.75, 3.05) is 39.5 Å². The lowest BCUT2D eigenvalue weighted by atomic mass is 10.2. The van der Waals surface area contributed by atoms with E-state index >= 15 is 0 Å². The summed E-state index contributed by atoms with van der Waals surface area (Å²) in [6, 6.07) is 8.87. The molecule has 6 heteroatoms. The minimum Gasteiger partial charge on any atom is -0.492 e. The molecule has 0 amide bonds. The van der Waals surface area contributed by atoms with Gasteiger partial charge in [-0.05, 0) is 56.3 Å². The van der Waals surface area contributed by atoms with Crippen molar-refractivity contribution in [3.05, 3.63) is 29.8 Å². The summed E-state index contributed by atoms with van der Waals surface area (Å²) in [6.45, 7) is 8.96. The minimum atomic E-state index is 0.537. The first-order valence-corrected chi connectivity index (χ1v) is 11.4. The van der Waals surface area contributed by atoms with Gasteiger partial charge in [0, 0.05) is 31.4 Å². The topological polar surface area (TPSA) is 48.9 Å². The Balaban J connectivity index is 1.72. The van der Waals surface area contributed by atoms with Gasteiger partial charge in [-0.2, -0.15) is 11.8 Å². The monoisotopic (exact) mass is 392 g/mol. The SMILES string of the molecule is CCN(CC)CCOc1ccc(CNC(=NC)NC2CCC(SC)C2)cc1. The molecule has 0 aromatic heterocycles. The summed E-state index contributed by atoms with van der Waals surface area (Å²) in [4.78, 5) is 6.73. The molecule has 0 aliphatic heterocycles. The molecule has 1 aliphatic rings. The number of thioether (sulfide) groups is 1. The van der Waals surface area contributed by atoms with Crippen LogP contribution in [-0.4, -0.2) is 61.7 Å². The van der Waals surface area contributed by atoms with Crippen molar-refractivity contribution in [2.45, 2.75) is 50.9 Å². The lowest BCUT2D eigenvalue weighted by Crippen LogP contribution is -2.42. The van der Waals surface area contributed by atoms with E-state index < -0.39 is 0 Å². The Kier molecular flexibility index (Phi) is 9.84. The van der Waals surface area contributed by atoms with Gasteiger partial charge < -0.3 is 20.3 Å². The van der Waals surface area contributed by atoms with Crippen molar-refractivity contribution in [1.82, 2.24) is 15.5 Å². The number of nitrogens with one attached hydrogen (secondary N) is 2. The second kappa shape index (κ2) is 12.1. The maximum absolute atomic E-state index is 5.85. The standard InChI is InChI=1S/C21H36N4OS/c1-5-25(6-2)13-14-26-19-10-7-17(8-11-19)16-23-21(22-3)24-18-9-12-20(15-18)27-4/h7-8,10-11,18,20H,5-6,9,12-16H2,1-4H3,(H2,22,23,24). The molecule has 0 heterocycles. The molecule has 1 aliphatic carbocycles. The van der Waals surface area contributed by atoms with Gasteiger partial charge in [-0.1, -0.05) is 26.0 Å². The maximum Gasteiger partial charge on any atom is 0.191 e. The van der Waals surface area contributed by atoms with E-state index in [2.05, 4.69) is 64.9 Å². The van der Waals surface area contributed by atoms with Crippen LogP contribution in [0.1, 0.15) is 38.7 Å². The van der Waals surface area contributed by atoms with E-state index in [1.165, 1.54) is 24.8 Å². The summed E-state index contributed by atoms with van der Waals surface area (Å²) in [5.41, 5.74) is 1.22. The first-order valence-electron chi connectivity index (χ1n) is 10.1. The van der Waals surface area contributed by atoms with Gasteiger partial charge in [-0.3, -0.25) is 4.99 Å². The molecule has 1 saturated carbocycles. The summed E-state index contributed by atoms with van der Waals surface area (Å²) in [5.74, 6) is 1.82. The number of hydrogen-bond donors (Lipinski definition) is 2. The van der Waals surface area contributed by atoms with Crippen LogP contribution in [0.2, 0.25) is 0 Å². The van der Waals surface area contributed by atoms with E-state index in [0.29, 0.717) is 6.04 Å². The molecule has 1 aromatic rings. The summed E-state index contributed by atoms with van der Waals surface area (Å²) < 4.78 is 5.85. The summed E-state index contributed by atoms with van der Waals surface area (Å²) in [6.07, 6.45) is 5.95. The Morgan fingerprint density at radius 1 is 1.22 bits per heavy atom. The maximum atomic E-state index is 5.85. The number of aliphatic imine (C=N–C) groups is 1. The van der Waals surface area contributed by atoms with Crippen molar-refractivity contribution >= 4 is 17.7 Å². The number of ether oxygens (including phenoxy) is 1. The van der Waals surface area contributed by atoms with Gasteiger partial charge in [0.1, 0.15) is 12.4 Å². The van der Waals surface area contributed by atoms with Crippen molar-refractivity contribution in [1.29, 1.82) is 0 Å². The first kappa shape index (κ1) is 21.9. The number of hydrogen-bond acceptors (Lipinski definition) is 4. The predicted molar refractivity (Wildman–Crippen MR) is 118 cm³/mol. The number of likely N-dealkylation sites (N-methyl/N-ethyl adjacent to an activating group) is 1. The Morgan fingerprint density at radius 3 is 2.56 bits per heavy atom. The Hall–Kier alpha value is -1.40. The molecule has 0 bridgehead atoms. The predicted octanol–water partition coefficient (Wildman–Crippen LogP) is 3.36. The molecule has 0 spiro atoms. The van der Waals surface area contributed by atoms with Gasteiger partial charge in [0.25, 0.3) is 0 Å². The number of rotatable bonds is 10. The van der Waals surface area contributed by atoms with Crippen LogP contribution >= 0.6 is 11.8 Å². The van der Waals surface area contributed by atoms with Crippen LogP contribution in [0.4, 0.5) is 0 Å². The highest BCUT2D eigenvalue weighted by molar-refractivity contribution is 7.99.